The van der Waals surface area contributed by atoms with Gasteiger partial charge in [-0.05, 0) is 43.4 Å². The largest absolute Gasteiger partial charge is 0.496 e. The standard InChI is InChI=1S/C19H22N2O3S/c1-20-18(23)16-13-9-4-3-5-11-15(13)25-19(16)21-17(22)12-8-6-7-10-14(12)24-2/h6-8,10H,3-5,9,11H2,1-2H3,(H,20,23)(H,21,22). The third-order valence-corrected chi connectivity index (χ3v) is 5.66. The summed E-state index contributed by atoms with van der Waals surface area (Å²) in [5.41, 5.74) is 2.17. The van der Waals surface area contributed by atoms with E-state index in [1.807, 2.05) is 6.07 Å². The minimum Gasteiger partial charge on any atom is -0.496 e. The molecule has 0 bridgehead atoms. The van der Waals surface area contributed by atoms with Gasteiger partial charge in [0.25, 0.3) is 11.8 Å². The quantitative estimate of drug-likeness (QED) is 0.820. The molecule has 0 radical (unpaired) electrons. The van der Waals surface area contributed by atoms with Gasteiger partial charge in [-0.3, -0.25) is 9.59 Å². The van der Waals surface area contributed by atoms with Crippen LogP contribution in [0.3, 0.4) is 0 Å². The van der Waals surface area contributed by atoms with Gasteiger partial charge in [0, 0.05) is 11.9 Å². The first-order valence-corrected chi connectivity index (χ1v) is 9.28. The first-order valence-electron chi connectivity index (χ1n) is 8.46. The number of ether oxygens (including phenoxy) is 1. The van der Waals surface area contributed by atoms with E-state index in [0.29, 0.717) is 21.9 Å². The van der Waals surface area contributed by atoms with E-state index in [4.69, 9.17) is 4.74 Å². The molecule has 0 aliphatic heterocycles. The van der Waals surface area contributed by atoms with Crippen molar-refractivity contribution < 1.29 is 14.3 Å². The summed E-state index contributed by atoms with van der Waals surface area (Å²) in [6.07, 6.45) is 5.24. The molecule has 5 nitrogen and oxygen atoms in total. The maximum Gasteiger partial charge on any atom is 0.260 e. The molecule has 1 aliphatic carbocycles. The Kier molecular flexibility index (Phi) is 5.38. The highest BCUT2D eigenvalue weighted by molar-refractivity contribution is 7.17. The first kappa shape index (κ1) is 17.5. The van der Waals surface area contributed by atoms with Crippen LogP contribution in [0.2, 0.25) is 0 Å². The molecule has 2 aromatic rings. The number of anilines is 1. The number of amides is 2. The van der Waals surface area contributed by atoms with Gasteiger partial charge in [-0.25, -0.2) is 0 Å². The Labute approximate surface area is 151 Å². The summed E-state index contributed by atoms with van der Waals surface area (Å²) in [5.74, 6) is 0.105. The van der Waals surface area contributed by atoms with E-state index in [0.717, 1.165) is 31.2 Å². The molecule has 2 N–H and O–H groups in total. The smallest absolute Gasteiger partial charge is 0.260 e. The Morgan fingerprint density at radius 2 is 1.84 bits per heavy atom. The van der Waals surface area contributed by atoms with Crippen LogP contribution in [0.4, 0.5) is 5.00 Å². The molecule has 0 spiro atoms. The highest BCUT2D eigenvalue weighted by Crippen LogP contribution is 2.38. The number of thiophene rings is 1. The number of para-hydroxylation sites is 1. The lowest BCUT2D eigenvalue weighted by Crippen LogP contribution is -2.22. The van der Waals surface area contributed by atoms with E-state index in [1.165, 1.54) is 29.7 Å². The average molecular weight is 358 g/mol. The molecule has 1 aromatic carbocycles. The molecule has 1 heterocycles. The van der Waals surface area contributed by atoms with E-state index in [2.05, 4.69) is 10.6 Å². The number of hydrogen-bond acceptors (Lipinski definition) is 4. The van der Waals surface area contributed by atoms with Crippen molar-refractivity contribution in [2.24, 2.45) is 0 Å². The fourth-order valence-corrected chi connectivity index (χ4v) is 4.48. The molecule has 25 heavy (non-hydrogen) atoms. The minimum atomic E-state index is -0.265. The summed E-state index contributed by atoms with van der Waals surface area (Å²) in [6.45, 7) is 0. The Morgan fingerprint density at radius 1 is 1.08 bits per heavy atom. The van der Waals surface area contributed by atoms with E-state index < -0.39 is 0 Å². The van der Waals surface area contributed by atoms with Crippen molar-refractivity contribution in [1.29, 1.82) is 0 Å². The van der Waals surface area contributed by atoms with Gasteiger partial charge in [-0.1, -0.05) is 18.6 Å². The van der Waals surface area contributed by atoms with Crippen LogP contribution in [0.15, 0.2) is 24.3 Å². The van der Waals surface area contributed by atoms with Gasteiger partial charge in [-0.15, -0.1) is 11.3 Å². The first-order chi connectivity index (χ1) is 12.2. The van der Waals surface area contributed by atoms with Crippen molar-refractivity contribution >= 4 is 28.2 Å². The zero-order valence-electron chi connectivity index (χ0n) is 14.5. The number of methoxy groups -OCH3 is 1. The SMILES string of the molecule is CNC(=O)c1c(NC(=O)c2ccccc2OC)sc2c1CCCCC2. The summed E-state index contributed by atoms with van der Waals surface area (Å²) in [5, 5.41) is 6.27. The normalized spacial score (nSPS) is 13.5. The molecule has 3 rings (SSSR count). The summed E-state index contributed by atoms with van der Waals surface area (Å²) in [4.78, 5) is 26.4. The number of rotatable bonds is 4. The monoisotopic (exact) mass is 358 g/mol. The molecular weight excluding hydrogens is 336 g/mol. The van der Waals surface area contributed by atoms with Crippen LogP contribution in [0, 0.1) is 0 Å². The maximum absolute atomic E-state index is 12.7. The summed E-state index contributed by atoms with van der Waals surface area (Å²) in [6, 6.07) is 7.07. The maximum atomic E-state index is 12.7. The van der Waals surface area contributed by atoms with E-state index in [1.54, 1.807) is 25.2 Å². The van der Waals surface area contributed by atoms with Crippen molar-refractivity contribution in [2.45, 2.75) is 32.1 Å². The van der Waals surface area contributed by atoms with Gasteiger partial charge >= 0.3 is 0 Å². The molecule has 0 saturated carbocycles. The molecule has 0 unspecified atom stereocenters. The van der Waals surface area contributed by atoms with Gasteiger partial charge in [0.15, 0.2) is 0 Å². The number of carbonyl (C=O) groups excluding carboxylic acids is 2. The highest BCUT2D eigenvalue weighted by atomic mass is 32.1. The van der Waals surface area contributed by atoms with E-state index in [-0.39, 0.29) is 11.8 Å². The number of aryl methyl sites for hydroxylation is 1. The van der Waals surface area contributed by atoms with Gasteiger partial charge in [0.1, 0.15) is 10.8 Å². The summed E-state index contributed by atoms with van der Waals surface area (Å²) < 4.78 is 5.26. The Morgan fingerprint density at radius 3 is 2.60 bits per heavy atom. The van der Waals surface area contributed by atoms with Crippen LogP contribution in [-0.4, -0.2) is 26.0 Å². The molecule has 1 aromatic heterocycles. The third kappa shape index (κ3) is 3.54. The molecule has 6 heteroatoms. The molecule has 0 saturated heterocycles. The van der Waals surface area contributed by atoms with E-state index in [9.17, 15) is 9.59 Å². The van der Waals surface area contributed by atoms with Crippen molar-refractivity contribution in [2.75, 3.05) is 19.5 Å². The lowest BCUT2D eigenvalue weighted by Gasteiger charge is -2.10. The zero-order chi connectivity index (χ0) is 17.8. The van der Waals surface area contributed by atoms with Crippen LogP contribution in [-0.2, 0) is 12.8 Å². The number of benzene rings is 1. The number of hydrogen-bond donors (Lipinski definition) is 2. The van der Waals surface area contributed by atoms with Gasteiger partial charge in [0.2, 0.25) is 0 Å². The second kappa shape index (κ2) is 7.70. The highest BCUT2D eigenvalue weighted by Gasteiger charge is 2.25. The third-order valence-electron chi connectivity index (χ3n) is 4.45. The Hall–Kier alpha value is -2.34. The molecule has 0 atom stereocenters. The van der Waals surface area contributed by atoms with Crippen LogP contribution in [0.25, 0.3) is 0 Å². The topological polar surface area (TPSA) is 67.4 Å². The Bertz CT molecular complexity index is 798. The molecule has 0 fully saturated rings. The molecular formula is C19H22N2O3S. The fraction of sp³-hybridized carbons (Fsp3) is 0.368. The van der Waals surface area contributed by atoms with Crippen molar-refractivity contribution in [3.63, 3.8) is 0 Å². The molecule has 132 valence electrons. The predicted octanol–water partition coefficient (Wildman–Crippen LogP) is 3.64. The average Bonchev–Trinajstić information content (AvgIpc) is 2.81. The number of nitrogens with one attached hydrogen (secondary N) is 2. The van der Waals surface area contributed by atoms with Crippen LogP contribution >= 0.6 is 11.3 Å². The van der Waals surface area contributed by atoms with Crippen molar-refractivity contribution in [3.05, 3.63) is 45.8 Å². The number of carbonyl (C=O) groups is 2. The lowest BCUT2D eigenvalue weighted by molar-refractivity contribution is 0.0963. The number of fused-ring (bicyclic) bond motifs is 1. The molecule has 2 amide bonds. The van der Waals surface area contributed by atoms with Crippen LogP contribution < -0.4 is 15.4 Å². The van der Waals surface area contributed by atoms with Gasteiger partial charge in [-0.2, -0.15) is 0 Å². The molecule has 1 aliphatic rings. The second-order valence-corrected chi connectivity index (χ2v) is 7.11. The van der Waals surface area contributed by atoms with Crippen LogP contribution in [0.5, 0.6) is 5.75 Å². The van der Waals surface area contributed by atoms with Crippen LogP contribution in [0.1, 0.15) is 50.4 Å². The zero-order valence-corrected chi connectivity index (χ0v) is 15.3. The van der Waals surface area contributed by atoms with Crippen molar-refractivity contribution in [3.8, 4) is 5.75 Å². The fourth-order valence-electron chi connectivity index (χ4n) is 3.20. The van der Waals surface area contributed by atoms with Crippen molar-refractivity contribution in [1.82, 2.24) is 5.32 Å². The predicted molar refractivity (Wildman–Crippen MR) is 99.9 cm³/mol. The van der Waals surface area contributed by atoms with Gasteiger partial charge in [0.05, 0.1) is 18.2 Å². The van der Waals surface area contributed by atoms with Gasteiger partial charge < -0.3 is 15.4 Å². The lowest BCUT2D eigenvalue weighted by atomic mass is 10.0. The minimum absolute atomic E-state index is 0.144. The second-order valence-electron chi connectivity index (χ2n) is 6.00. The summed E-state index contributed by atoms with van der Waals surface area (Å²) in [7, 11) is 3.16. The summed E-state index contributed by atoms with van der Waals surface area (Å²) >= 11 is 1.52. The Balaban J connectivity index is 1.97. The van der Waals surface area contributed by atoms with E-state index >= 15 is 0 Å².